The lowest BCUT2D eigenvalue weighted by Gasteiger charge is -2.11. The van der Waals surface area contributed by atoms with Gasteiger partial charge in [0.15, 0.2) is 5.69 Å². The Morgan fingerprint density at radius 1 is 0.892 bits per heavy atom. The molecule has 1 N–H and O–H groups in total. The Labute approximate surface area is 221 Å². The molecule has 0 unspecified atom stereocenters. The molecule has 1 aromatic heterocycles. The van der Waals surface area contributed by atoms with Gasteiger partial charge in [-0.05, 0) is 60.3 Å². The average Bonchev–Trinajstić information content (AvgIpc) is 3.26. The third kappa shape index (κ3) is 6.41. The van der Waals surface area contributed by atoms with E-state index in [9.17, 15) is 31.1 Å². The van der Waals surface area contributed by atoms with Gasteiger partial charge in [0.2, 0.25) is 0 Å². The fourth-order valence-electron chi connectivity index (χ4n) is 3.31. The van der Waals surface area contributed by atoms with Gasteiger partial charge in [0.05, 0.1) is 21.4 Å². The number of para-hydroxylation sites is 1. The van der Waals surface area contributed by atoms with Crippen molar-refractivity contribution in [3.05, 3.63) is 94.1 Å². The maximum absolute atomic E-state index is 13.4. The highest BCUT2D eigenvalue weighted by Crippen LogP contribution is 2.41. The van der Waals surface area contributed by atoms with E-state index in [4.69, 9.17) is 23.2 Å². The van der Waals surface area contributed by atoms with Crippen molar-refractivity contribution < 1.29 is 32.6 Å². The van der Waals surface area contributed by atoms with Crippen LogP contribution < -0.4 is 5.32 Å². The first kappa shape index (κ1) is 26.9. The fourth-order valence-corrected chi connectivity index (χ4v) is 4.37. The molecule has 3 aromatic carbocycles. The van der Waals surface area contributed by atoms with Gasteiger partial charge in [0.1, 0.15) is 0 Å². The molecule has 0 aliphatic heterocycles. The van der Waals surface area contributed by atoms with Gasteiger partial charge in [-0.15, -0.1) is 0 Å². The minimum atomic E-state index is -4.70. The number of nitrogens with one attached hydrogen (secondary N) is 1. The molecule has 0 saturated heterocycles. The van der Waals surface area contributed by atoms with Gasteiger partial charge >= 0.3 is 11.7 Å². The fraction of sp³-hybridized carbons (Fsp3) is 0.0833. The molecule has 4 aromatic rings. The molecular weight excluding hydrogens is 563 g/mol. The van der Waals surface area contributed by atoms with E-state index in [0.717, 1.165) is 16.8 Å². The Balaban J connectivity index is 0.00000400. The Bertz CT molecular complexity index is 1460. The van der Waals surface area contributed by atoms with E-state index in [0.29, 0.717) is 5.56 Å². The molecule has 194 valence electrons. The molecule has 0 radical (unpaired) electrons. The predicted octanol–water partition coefficient (Wildman–Crippen LogP) is 8.98. The van der Waals surface area contributed by atoms with Crippen LogP contribution in [0.15, 0.2) is 77.7 Å². The largest absolute Gasteiger partial charge is 0.446 e. The monoisotopic (exact) mass is 577 g/mol. The Morgan fingerprint density at radius 3 is 2.16 bits per heavy atom. The first-order valence-corrected chi connectivity index (χ1v) is 11.8. The molecule has 0 aliphatic carbocycles. The van der Waals surface area contributed by atoms with Crippen LogP contribution in [0.1, 0.15) is 17.5 Å². The summed E-state index contributed by atoms with van der Waals surface area (Å²) in [5.41, 5.74) is -4.66. The number of hydrogen-bond donors (Lipinski definition) is 1. The van der Waals surface area contributed by atoms with Crippen molar-refractivity contribution in [3.63, 3.8) is 0 Å². The standard InChI is InChI=1S/C24H13Cl2F6N3OS.H2/c25-16-3-1-2-4-18(16)35-19(12-21(34-35)23(27,28)29)13-5-7-14(8-6-13)22(36)33-15-9-10-20(17(26)11-15)37-24(30,31)32;/h1-12H,(H,33,36);1H. The van der Waals surface area contributed by atoms with Gasteiger partial charge in [0.25, 0.3) is 5.91 Å². The van der Waals surface area contributed by atoms with Gasteiger partial charge in [0, 0.05) is 23.1 Å². The minimum absolute atomic E-state index is 0. The van der Waals surface area contributed by atoms with E-state index in [-0.39, 0.29) is 50.8 Å². The summed E-state index contributed by atoms with van der Waals surface area (Å²) in [6.07, 6.45) is -4.70. The van der Waals surface area contributed by atoms with Crippen LogP contribution in [0, 0.1) is 0 Å². The maximum Gasteiger partial charge on any atom is 0.446 e. The van der Waals surface area contributed by atoms with E-state index in [1.54, 1.807) is 12.1 Å². The van der Waals surface area contributed by atoms with Crippen molar-refractivity contribution in [2.75, 3.05) is 5.32 Å². The number of carbonyl (C=O) groups is 1. The second-order valence-corrected chi connectivity index (χ2v) is 9.42. The minimum Gasteiger partial charge on any atom is -0.322 e. The molecule has 4 nitrogen and oxygen atoms in total. The topological polar surface area (TPSA) is 46.9 Å². The molecule has 37 heavy (non-hydrogen) atoms. The van der Waals surface area contributed by atoms with Gasteiger partial charge in [-0.2, -0.15) is 31.4 Å². The van der Waals surface area contributed by atoms with Crippen LogP contribution in [0.2, 0.25) is 10.0 Å². The van der Waals surface area contributed by atoms with Crippen LogP contribution in [0.3, 0.4) is 0 Å². The van der Waals surface area contributed by atoms with Crippen LogP contribution in [0.25, 0.3) is 16.9 Å². The number of carbonyl (C=O) groups excluding carboxylic acids is 1. The third-order valence-electron chi connectivity index (χ3n) is 4.94. The number of rotatable bonds is 5. The Hall–Kier alpha value is -3.15. The first-order chi connectivity index (χ1) is 17.3. The van der Waals surface area contributed by atoms with Crippen LogP contribution in [0.5, 0.6) is 0 Å². The SMILES string of the molecule is O=C(Nc1ccc(SC(F)(F)F)c(Cl)c1)c1ccc(-c2cc(C(F)(F)F)nn2-c2ccccc2Cl)cc1.[HH]. The van der Waals surface area contributed by atoms with Crippen molar-refractivity contribution in [2.24, 2.45) is 0 Å². The number of aromatic nitrogens is 2. The molecular formula is C24H15Cl2F6N3OS. The van der Waals surface area contributed by atoms with E-state index >= 15 is 0 Å². The lowest BCUT2D eigenvalue weighted by Crippen LogP contribution is -2.12. The summed E-state index contributed by atoms with van der Waals surface area (Å²) in [6, 6.07) is 16.4. The molecule has 0 aliphatic rings. The van der Waals surface area contributed by atoms with E-state index in [1.165, 1.54) is 48.5 Å². The number of nitrogens with zero attached hydrogens (tertiary/aromatic N) is 2. The average molecular weight is 578 g/mol. The Kier molecular flexibility index (Phi) is 7.50. The van der Waals surface area contributed by atoms with Gasteiger partial charge < -0.3 is 5.32 Å². The lowest BCUT2D eigenvalue weighted by molar-refractivity contribution is -0.141. The molecule has 4 rings (SSSR count). The zero-order valence-corrected chi connectivity index (χ0v) is 20.5. The molecule has 0 bridgehead atoms. The van der Waals surface area contributed by atoms with Gasteiger partial charge in [-0.3, -0.25) is 4.79 Å². The quantitative estimate of drug-likeness (QED) is 0.190. The smallest absolute Gasteiger partial charge is 0.322 e. The second-order valence-electron chi connectivity index (χ2n) is 7.50. The number of anilines is 1. The number of alkyl halides is 6. The number of benzene rings is 3. The highest BCUT2D eigenvalue weighted by atomic mass is 35.5. The van der Waals surface area contributed by atoms with Crippen molar-refractivity contribution >= 4 is 46.6 Å². The highest BCUT2D eigenvalue weighted by Gasteiger charge is 2.35. The van der Waals surface area contributed by atoms with Crippen LogP contribution in [-0.4, -0.2) is 21.2 Å². The van der Waals surface area contributed by atoms with Crippen LogP contribution in [-0.2, 0) is 6.18 Å². The molecule has 1 amide bonds. The van der Waals surface area contributed by atoms with E-state index < -0.39 is 23.3 Å². The lowest BCUT2D eigenvalue weighted by atomic mass is 10.1. The summed E-state index contributed by atoms with van der Waals surface area (Å²) in [4.78, 5) is 12.4. The zero-order valence-electron chi connectivity index (χ0n) is 18.2. The number of hydrogen-bond acceptors (Lipinski definition) is 3. The number of thioether (sulfide) groups is 1. The predicted molar refractivity (Wildman–Crippen MR) is 132 cm³/mol. The molecule has 0 atom stereocenters. The van der Waals surface area contributed by atoms with E-state index in [2.05, 4.69) is 10.4 Å². The summed E-state index contributed by atoms with van der Waals surface area (Å²) < 4.78 is 79.0. The zero-order chi connectivity index (χ0) is 27.0. The highest BCUT2D eigenvalue weighted by molar-refractivity contribution is 8.00. The normalized spacial score (nSPS) is 12.0. The summed E-state index contributed by atoms with van der Waals surface area (Å²) in [7, 11) is 0. The molecule has 13 heteroatoms. The third-order valence-corrected chi connectivity index (χ3v) is 6.49. The second kappa shape index (κ2) is 10.3. The number of amides is 1. The first-order valence-electron chi connectivity index (χ1n) is 10.2. The van der Waals surface area contributed by atoms with Crippen LogP contribution >= 0.6 is 35.0 Å². The van der Waals surface area contributed by atoms with Crippen molar-refractivity contribution in [1.29, 1.82) is 0 Å². The maximum atomic E-state index is 13.4. The number of halogens is 8. The summed E-state index contributed by atoms with van der Waals surface area (Å²) in [5.74, 6) is -0.602. The van der Waals surface area contributed by atoms with Gasteiger partial charge in [-0.25, -0.2) is 4.68 Å². The summed E-state index contributed by atoms with van der Waals surface area (Å²) in [6.45, 7) is 0. The van der Waals surface area contributed by atoms with E-state index in [1.807, 2.05) is 0 Å². The molecule has 1 heterocycles. The van der Waals surface area contributed by atoms with Crippen molar-refractivity contribution in [1.82, 2.24) is 9.78 Å². The molecule has 0 fully saturated rings. The summed E-state index contributed by atoms with van der Waals surface area (Å²) >= 11 is 11.7. The van der Waals surface area contributed by atoms with Crippen LogP contribution in [0.4, 0.5) is 32.0 Å². The molecule has 0 saturated carbocycles. The summed E-state index contributed by atoms with van der Waals surface area (Å²) in [5, 5.41) is 6.20. The van der Waals surface area contributed by atoms with Gasteiger partial charge in [-0.1, -0.05) is 47.5 Å². The van der Waals surface area contributed by atoms with Crippen molar-refractivity contribution in [2.45, 2.75) is 16.6 Å². The molecule has 0 spiro atoms. The Morgan fingerprint density at radius 2 is 1.57 bits per heavy atom. The van der Waals surface area contributed by atoms with Crippen molar-refractivity contribution in [3.8, 4) is 16.9 Å².